The van der Waals surface area contributed by atoms with E-state index in [9.17, 15) is 4.79 Å². The number of fused-ring (bicyclic) bond motifs is 2. The topological polar surface area (TPSA) is 107 Å². The predicted octanol–water partition coefficient (Wildman–Crippen LogP) is 7.58. The third-order valence-electron chi connectivity index (χ3n) is 9.93. The first-order valence-electron chi connectivity index (χ1n) is 16.4. The van der Waals surface area contributed by atoms with Gasteiger partial charge in [0.2, 0.25) is 0 Å². The molecule has 4 unspecified atom stereocenters. The molecule has 1 aliphatic carbocycles. The number of aromatic nitrogens is 5. The Bertz CT molecular complexity index is 1960. The maximum absolute atomic E-state index is 12.8. The van der Waals surface area contributed by atoms with Gasteiger partial charge in [-0.05, 0) is 56.1 Å². The van der Waals surface area contributed by atoms with E-state index in [-0.39, 0.29) is 24.2 Å². The number of thiazole rings is 1. The summed E-state index contributed by atoms with van der Waals surface area (Å²) in [6.07, 6.45) is 5.03. The van der Waals surface area contributed by atoms with Gasteiger partial charge in [-0.3, -0.25) is 0 Å². The summed E-state index contributed by atoms with van der Waals surface area (Å²) in [4.78, 5) is 30.2. The van der Waals surface area contributed by atoms with Crippen molar-refractivity contribution in [1.29, 1.82) is 0 Å². The monoisotopic (exact) mass is 703 g/mol. The molecule has 3 fully saturated rings. The van der Waals surface area contributed by atoms with Gasteiger partial charge in [-0.15, -0.1) is 11.3 Å². The molecular weight excluding hydrogens is 669 g/mol. The first-order chi connectivity index (χ1) is 23.4. The highest BCUT2D eigenvalue weighted by atomic mass is 35.5. The molecule has 5 aromatic rings. The summed E-state index contributed by atoms with van der Waals surface area (Å²) in [6.45, 7) is 4.97. The standard InChI is InChI=1S/C35H35Cl2N7O3S/c1-21-19-48-33(40-21)35(20-39-34(45)47-18-22-8-3-2-4-9-22)24-13-14-43(17-25(24)35)27-16-38-31-30(23-10-7-11-26(36)29(23)37)42-44(32(31)41-27)28-12-5-6-15-46-28/h2-4,7-11,16,19,24-25,28H,5-6,12-15,17-18,20H2,1H3,(H,39,45). The molecule has 48 heavy (non-hydrogen) atoms. The second-order valence-electron chi connectivity index (χ2n) is 12.8. The number of ether oxygens (including phenoxy) is 2. The number of benzene rings is 2. The van der Waals surface area contributed by atoms with Gasteiger partial charge in [0.15, 0.2) is 11.9 Å². The minimum Gasteiger partial charge on any atom is -0.445 e. The van der Waals surface area contributed by atoms with E-state index < -0.39 is 6.09 Å². The maximum Gasteiger partial charge on any atom is 0.407 e. The van der Waals surface area contributed by atoms with Crippen LogP contribution in [0.25, 0.3) is 22.4 Å². The Morgan fingerprint density at radius 3 is 2.77 bits per heavy atom. The molecule has 1 saturated carbocycles. The number of nitrogens with zero attached hydrogens (tertiary/aromatic N) is 6. The molecule has 5 heterocycles. The highest BCUT2D eigenvalue weighted by Gasteiger charge is 2.68. The van der Waals surface area contributed by atoms with Crippen LogP contribution in [0, 0.1) is 18.8 Å². The molecule has 2 aromatic carbocycles. The van der Waals surface area contributed by atoms with Crippen LogP contribution < -0.4 is 10.2 Å². The fraction of sp³-hybridized carbons (Fsp3) is 0.400. The number of rotatable bonds is 8. The smallest absolute Gasteiger partial charge is 0.407 e. The Morgan fingerprint density at radius 1 is 1.10 bits per heavy atom. The molecule has 1 amide bonds. The lowest BCUT2D eigenvalue weighted by Crippen LogP contribution is -2.35. The quantitative estimate of drug-likeness (QED) is 0.176. The Labute approximate surface area is 292 Å². The minimum absolute atomic E-state index is 0.228. The third-order valence-corrected chi connectivity index (χ3v) is 11.9. The van der Waals surface area contributed by atoms with Crippen LogP contribution in [-0.2, 0) is 21.5 Å². The van der Waals surface area contributed by atoms with Crippen molar-refractivity contribution >= 4 is 57.6 Å². The van der Waals surface area contributed by atoms with Crippen LogP contribution in [0.4, 0.5) is 10.6 Å². The van der Waals surface area contributed by atoms with Gasteiger partial charge in [-0.1, -0.05) is 65.7 Å². The maximum atomic E-state index is 12.8. The summed E-state index contributed by atoms with van der Waals surface area (Å²) in [7, 11) is 0. The molecule has 3 aromatic heterocycles. The highest BCUT2D eigenvalue weighted by molar-refractivity contribution is 7.09. The number of nitrogens with one attached hydrogen (secondary N) is 1. The van der Waals surface area contributed by atoms with Crippen LogP contribution >= 0.6 is 34.5 Å². The van der Waals surface area contributed by atoms with Crippen molar-refractivity contribution in [3.63, 3.8) is 0 Å². The average Bonchev–Trinajstić information content (AvgIpc) is 3.34. The van der Waals surface area contributed by atoms with Gasteiger partial charge >= 0.3 is 6.09 Å². The number of hydrogen-bond acceptors (Lipinski definition) is 9. The number of halogens is 2. The number of hydrogen-bond donors (Lipinski definition) is 1. The fourth-order valence-electron chi connectivity index (χ4n) is 7.44. The zero-order valence-electron chi connectivity index (χ0n) is 26.4. The van der Waals surface area contributed by atoms with Gasteiger partial charge in [0.25, 0.3) is 0 Å². The Kier molecular flexibility index (Phi) is 8.48. The van der Waals surface area contributed by atoms with Crippen molar-refractivity contribution in [1.82, 2.24) is 30.0 Å². The molecule has 4 atom stereocenters. The van der Waals surface area contributed by atoms with Gasteiger partial charge in [-0.25, -0.2) is 24.4 Å². The van der Waals surface area contributed by atoms with Crippen LogP contribution in [0.1, 0.15) is 48.2 Å². The van der Waals surface area contributed by atoms with E-state index in [0.717, 1.165) is 60.9 Å². The number of aryl methyl sites for hydroxylation is 1. The number of carbonyl (C=O) groups is 1. The Balaban J connectivity index is 1.06. The van der Waals surface area contributed by atoms with Crippen LogP contribution in [0.2, 0.25) is 10.0 Å². The van der Waals surface area contributed by atoms with E-state index in [1.165, 1.54) is 0 Å². The lowest BCUT2D eigenvalue weighted by Gasteiger charge is -2.27. The van der Waals surface area contributed by atoms with Crippen molar-refractivity contribution in [2.75, 3.05) is 31.1 Å². The van der Waals surface area contributed by atoms with Gasteiger partial charge in [-0.2, -0.15) is 5.10 Å². The molecule has 2 aliphatic heterocycles. The number of amides is 1. The molecule has 8 rings (SSSR count). The lowest BCUT2D eigenvalue weighted by atomic mass is 10.0. The molecule has 2 saturated heterocycles. The lowest BCUT2D eigenvalue weighted by molar-refractivity contribution is -0.0368. The van der Waals surface area contributed by atoms with E-state index in [1.807, 2.05) is 60.3 Å². The average molecular weight is 705 g/mol. The highest BCUT2D eigenvalue weighted by Crippen LogP contribution is 2.64. The van der Waals surface area contributed by atoms with E-state index in [2.05, 4.69) is 15.6 Å². The van der Waals surface area contributed by atoms with Gasteiger partial charge < -0.3 is 19.7 Å². The third kappa shape index (κ3) is 5.70. The molecule has 3 aliphatic rings. The fourth-order valence-corrected chi connectivity index (χ4v) is 8.95. The number of carbonyl (C=O) groups excluding carboxylic acids is 1. The molecule has 248 valence electrons. The predicted molar refractivity (Wildman–Crippen MR) is 187 cm³/mol. The van der Waals surface area contributed by atoms with Crippen LogP contribution in [-0.4, -0.2) is 57.1 Å². The minimum atomic E-state index is -0.419. The molecule has 0 bridgehead atoms. The molecule has 1 N–H and O–H groups in total. The van der Waals surface area contributed by atoms with Crippen molar-refractivity contribution in [2.24, 2.45) is 11.8 Å². The summed E-state index contributed by atoms with van der Waals surface area (Å²) >= 11 is 14.7. The van der Waals surface area contributed by atoms with Crippen molar-refractivity contribution < 1.29 is 14.3 Å². The second-order valence-corrected chi connectivity index (χ2v) is 14.5. The molecular formula is C35H35Cl2N7O3S. The van der Waals surface area contributed by atoms with Crippen molar-refractivity contribution in [2.45, 2.75) is 50.9 Å². The second kappa shape index (κ2) is 12.9. The summed E-state index contributed by atoms with van der Waals surface area (Å²) in [6, 6.07) is 15.2. The number of piperidine rings is 1. The summed E-state index contributed by atoms with van der Waals surface area (Å²) in [5.41, 5.74) is 4.35. The zero-order valence-corrected chi connectivity index (χ0v) is 28.8. The Hall–Kier alpha value is -3.77. The first kappa shape index (κ1) is 31.5. The molecule has 10 nitrogen and oxygen atoms in total. The van der Waals surface area contributed by atoms with Crippen LogP contribution in [0.15, 0.2) is 60.1 Å². The van der Waals surface area contributed by atoms with Gasteiger partial charge in [0.1, 0.15) is 28.6 Å². The van der Waals surface area contributed by atoms with Crippen molar-refractivity contribution in [3.05, 3.63) is 86.4 Å². The van der Waals surface area contributed by atoms with Gasteiger partial charge in [0, 0.05) is 48.3 Å². The number of anilines is 1. The SMILES string of the molecule is Cc1csc(C2(CNC(=O)OCc3ccccc3)C3CCN(c4cnc5c(-c6cccc(Cl)c6Cl)nn(C6CCCCO6)c5n4)CC32)n1. The van der Waals surface area contributed by atoms with Gasteiger partial charge in [0.05, 0.1) is 16.2 Å². The first-order valence-corrected chi connectivity index (χ1v) is 18.0. The number of alkyl carbamates (subject to hydrolysis) is 1. The Morgan fingerprint density at radius 2 is 1.98 bits per heavy atom. The summed E-state index contributed by atoms with van der Waals surface area (Å²) in [5.74, 6) is 1.47. The van der Waals surface area contributed by atoms with Crippen LogP contribution in [0.3, 0.4) is 0 Å². The summed E-state index contributed by atoms with van der Waals surface area (Å²) in [5, 5.41) is 12.1. The molecule has 0 radical (unpaired) electrons. The van der Waals surface area contributed by atoms with E-state index in [1.54, 1.807) is 17.4 Å². The molecule has 0 spiro atoms. The van der Waals surface area contributed by atoms with E-state index >= 15 is 0 Å². The molecule has 13 heteroatoms. The summed E-state index contributed by atoms with van der Waals surface area (Å²) < 4.78 is 13.6. The van der Waals surface area contributed by atoms with Crippen LogP contribution in [0.5, 0.6) is 0 Å². The van der Waals surface area contributed by atoms with E-state index in [4.69, 9.17) is 52.7 Å². The zero-order chi connectivity index (χ0) is 32.8. The largest absolute Gasteiger partial charge is 0.445 e. The van der Waals surface area contributed by atoms with Crippen molar-refractivity contribution in [3.8, 4) is 11.3 Å². The normalized spacial score (nSPS) is 23.6. The van der Waals surface area contributed by atoms with E-state index in [0.29, 0.717) is 51.5 Å².